The smallest absolute Gasteiger partial charge is 0.379 e. The van der Waals surface area contributed by atoms with Gasteiger partial charge in [0, 0.05) is 13.2 Å². The quantitative estimate of drug-likeness (QED) is 0.0502. The number of likely N-dealkylation sites (N-methyl/N-ethyl adjacent to an activating group) is 1. The molecular formula is C29H63N3O6P+. The number of hydrogen-bond donors (Lipinski definition) is 3. The highest BCUT2D eigenvalue weighted by molar-refractivity contribution is 7.47. The number of primary amides is 1. The van der Waals surface area contributed by atoms with Crippen molar-refractivity contribution in [3.63, 3.8) is 0 Å². The first-order valence-electron chi connectivity index (χ1n) is 15.6. The van der Waals surface area contributed by atoms with Crippen LogP contribution in [0.25, 0.3) is 0 Å². The van der Waals surface area contributed by atoms with E-state index in [0.717, 1.165) is 12.8 Å². The maximum absolute atomic E-state index is 12.3. The van der Waals surface area contributed by atoms with Crippen molar-refractivity contribution in [3.05, 3.63) is 0 Å². The molecule has 9 nitrogen and oxygen atoms in total. The highest BCUT2D eigenvalue weighted by Crippen LogP contribution is 2.44. The highest BCUT2D eigenvalue weighted by Gasteiger charge is 2.28. The monoisotopic (exact) mass is 580 g/mol. The lowest BCUT2D eigenvalue weighted by Gasteiger charge is -2.25. The summed E-state index contributed by atoms with van der Waals surface area (Å²) < 4.78 is 28.8. The van der Waals surface area contributed by atoms with Crippen molar-refractivity contribution in [2.75, 3.05) is 54.1 Å². The molecular weight excluding hydrogens is 517 g/mol. The van der Waals surface area contributed by atoms with Crippen molar-refractivity contribution in [1.82, 2.24) is 5.32 Å². The molecule has 0 aliphatic heterocycles. The van der Waals surface area contributed by atoms with Crippen molar-refractivity contribution in [2.45, 2.75) is 129 Å². The highest BCUT2D eigenvalue weighted by atomic mass is 31.2. The normalized spacial score (nSPS) is 14.3. The minimum atomic E-state index is -4.27. The number of hydrogen-bond acceptors (Lipinski definition) is 5. The van der Waals surface area contributed by atoms with Gasteiger partial charge < -0.3 is 25.2 Å². The van der Waals surface area contributed by atoms with Gasteiger partial charge in [-0.1, -0.05) is 116 Å². The van der Waals surface area contributed by atoms with Gasteiger partial charge in [-0.25, -0.2) is 9.36 Å². The summed E-state index contributed by atoms with van der Waals surface area (Å²) in [6, 6.07) is -0.731. The molecule has 0 aromatic heterocycles. The van der Waals surface area contributed by atoms with Gasteiger partial charge in [-0.05, 0) is 6.42 Å². The molecule has 234 valence electrons. The maximum atomic E-state index is 12.3. The predicted octanol–water partition coefficient (Wildman–Crippen LogP) is 6.92. The molecule has 0 aromatic carbocycles. The SMILES string of the molecule is CCCCCCCCCCCCCCCCCCCCOCC(CNC(N)=O)OP(=O)(O)OCC[N+](C)(C)C. The Morgan fingerprint density at radius 2 is 1.23 bits per heavy atom. The summed E-state index contributed by atoms with van der Waals surface area (Å²) in [7, 11) is 1.60. The van der Waals surface area contributed by atoms with Gasteiger partial charge in [-0.3, -0.25) is 9.05 Å². The van der Waals surface area contributed by atoms with Crippen LogP contribution in [0, 0.1) is 0 Å². The fraction of sp³-hybridized carbons (Fsp3) is 0.966. The van der Waals surface area contributed by atoms with Gasteiger partial charge >= 0.3 is 13.9 Å². The number of quaternary nitrogens is 1. The van der Waals surface area contributed by atoms with E-state index in [2.05, 4.69) is 12.2 Å². The summed E-state index contributed by atoms with van der Waals surface area (Å²) in [5, 5.41) is 2.40. The van der Waals surface area contributed by atoms with Crippen molar-refractivity contribution in [3.8, 4) is 0 Å². The van der Waals surface area contributed by atoms with E-state index in [0.29, 0.717) is 17.6 Å². The third-order valence-corrected chi connectivity index (χ3v) is 7.82. The molecule has 2 unspecified atom stereocenters. The molecule has 2 amide bonds. The molecule has 0 saturated carbocycles. The maximum Gasteiger partial charge on any atom is 0.472 e. The van der Waals surface area contributed by atoms with E-state index in [9.17, 15) is 14.3 Å². The predicted molar refractivity (Wildman–Crippen MR) is 161 cm³/mol. The van der Waals surface area contributed by atoms with Crippen molar-refractivity contribution in [2.24, 2.45) is 5.73 Å². The Morgan fingerprint density at radius 3 is 1.64 bits per heavy atom. The Morgan fingerprint density at radius 1 is 0.795 bits per heavy atom. The summed E-state index contributed by atoms with van der Waals surface area (Å²) in [4.78, 5) is 21.1. The molecule has 4 N–H and O–H groups in total. The number of rotatable bonds is 29. The van der Waals surface area contributed by atoms with Crippen LogP contribution >= 0.6 is 7.82 Å². The molecule has 0 saturated heterocycles. The Labute approximate surface area is 240 Å². The van der Waals surface area contributed by atoms with Gasteiger partial charge in [0.25, 0.3) is 0 Å². The molecule has 10 heteroatoms. The van der Waals surface area contributed by atoms with E-state index in [1.54, 1.807) is 0 Å². The molecule has 0 spiro atoms. The van der Waals surface area contributed by atoms with E-state index in [-0.39, 0.29) is 19.8 Å². The van der Waals surface area contributed by atoms with Crippen LogP contribution in [-0.2, 0) is 18.3 Å². The number of carbonyl (C=O) groups excluding carboxylic acids is 1. The second-order valence-electron chi connectivity index (χ2n) is 11.9. The zero-order valence-corrected chi connectivity index (χ0v) is 26.7. The van der Waals surface area contributed by atoms with Crippen LogP contribution in [0.15, 0.2) is 0 Å². The van der Waals surface area contributed by atoms with Crippen LogP contribution in [0.5, 0.6) is 0 Å². The van der Waals surface area contributed by atoms with Gasteiger partial charge in [-0.15, -0.1) is 0 Å². The number of ether oxygens (including phenoxy) is 1. The summed E-state index contributed by atoms with van der Waals surface area (Å²) in [6.45, 7) is 3.48. The van der Waals surface area contributed by atoms with Crippen molar-refractivity contribution in [1.29, 1.82) is 0 Å². The van der Waals surface area contributed by atoms with Crippen LogP contribution in [0.3, 0.4) is 0 Å². The van der Waals surface area contributed by atoms with E-state index in [1.165, 1.54) is 103 Å². The number of phosphoric ester groups is 1. The van der Waals surface area contributed by atoms with Gasteiger partial charge in [-0.2, -0.15) is 0 Å². The summed E-state index contributed by atoms with van der Waals surface area (Å²) in [6.07, 6.45) is 23.0. The summed E-state index contributed by atoms with van der Waals surface area (Å²) in [5.74, 6) is 0. The third-order valence-electron chi connectivity index (χ3n) is 6.75. The van der Waals surface area contributed by atoms with Crippen LogP contribution in [-0.4, -0.2) is 75.6 Å². The molecule has 39 heavy (non-hydrogen) atoms. The Hall–Kier alpha value is -0.700. The lowest BCUT2D eigenvalue weighted by atomic mass is 10.0. The number of carbonyl (C=O) groups is 1. The van der Waals surface area contributed by atoms with Crippen LogP contribution in [0.2, 0.25) is 0 Å². The number of urea groups is 1. The Bertz CT molecular complexity index is 618. The molecule has 0 radical (unpaired) electrons. The fourth-order valence-corrected chi connectivity index (χ4v) is 5.20. The molecule has 0 bridgehead atoms. The largest absolute Gasteiger partial charge is 0.472 e. The number of phosphoric acid groups is 1. The zero-order chi connectivity index (χ0) is 29.2. The standard InChI is InChI=1S/C29H62N3O6P/c1-5-6-7-8-9-10-11-12-13-14-15-16-17-18-19-20-21-22-24-36-27-28(26-31-29(30)33)38-39(34,35)37-25-23-32(2,3)4/h28H,5-27H2,1-4H3,(H3-,30,31,33,34,35)/p+1. The molecule has 0 fully saturated rings. The molecule has 0 aromatic rings. The molecule has 0 aliphatic rings. The fourth-order valence-electron chi connectivity index (χ4n) is 4.31. The lowest BCUT2D eigenvalue weighted by molar-refractivity contribution is -0.870. The van der Waals surface area contributed by atoms with E-state index < -0.39 is 20.0 Å². The minimum Gasteiger partial charge on any atom is -0.379 e. The summed E-state index contributed by atoms with van der Waals surface area (Å²) >= 11 is 0. The lowest BCUT2D eigenvalue weighted by Crippen LogP contribution is -2.39. The van der Waals surface area contributed by atoms with Crippen LogP contribution < -0.4 is 11.1 Å². The van der Waals surface area contributed by atoms with Gasteiger partial charge in [0.05, 0.1) is 27.7 Å². The number of unbranched alkanes of at least 4 members (excludes halogenated alkanes) is 17. The first kappa shape index (κ1) is 38.3. The van der Waals surface area contributed by atoms with E-state index in [4.69, 9.17) is 19.5 Å². The minimum absolute atomic E-state index is 0.0301. The second-order valence-corrected chi connectivity index (χ2v) is 13.3. The van der Waals surface area contributed by atoms with Gasteiger partial charge in [0.15, 0.2) is 0 Å². The second kappa shape index (κ2) is 25.0. The van der Waals surface area contributed by atoms with Crippen LogP contribution in [0.1, 0.15) is 122 Å². The van der Waals surface area contributed by atoms with E-state index >= 15 is 0 Å². The van der Waals surface area contributed by atoms with E-state index in [1.807, 2.05) is 21.1 Å². The number of amides is 2. The first-order valence-corrected chi connectivity index (χ1v) is 17.1. The Balaban J connectivity index is 3.73. The topological polar surface area (TPSA) is 120 Å². The third kappa shape index (κ3) is 30.1. The van der Waals surface area contributed by atoms with Crippen LogP contribution in [0.4, 0.5) is 4.79 Å². The number of nitrogens with two attached hydrogens (primary N) is 1. The average Bonchev–Trinajstić information content (AvgIpc) is 2.84. The average molecular weight is 581 g/mol. The van der Waals surface area contributed by atoms with Gasteiger partial charge in [0.2, 0.25) is 0 Å². The molecule has 0 heterocycles. The molecule has 0 aliphatic carbocycles. The molecule has 2 atom stereocenters. The van der Waals surface area contributed by atoms with Crippen molar-refractivity contribution < 1.29 is 32.5 Å². The Kier molecular flexibility index (Phi) is 24.6. The first-order chi connectivity index (χ1) is 18.6. The van der Waals surface area contributed by atoms with Gasteiger partial charge in [0.1, 0.15) is 19.3 Å². The zero-order valence-electron chi connectivity index (χ0n) is 25.8. The number of nitrogens with zero attached hydrogens (tertiary/aromatic N) is 1. The molecule has 0 rings (SSSR count). The summed E-state index contributed by atoms with van der Waals surface area (Å²) in [5.41, 5.74) is 5.13. The van der Waals surface area contributed by atoms with Crippen molar-refractivity contribution >= 4 is 13.9 Å². The number of nitrogens with one attached hydrogen (secondary N) is 1.